The number of piperazine rings is 1. The molecule has 2 fully saturated rings. The summed E-state index contributed by atoms with van der Waals surface area (Å²) in [5.74, 6) is 1.01. The highest BCUT2D eigenvalue weighted by atomic mass is 32.1. The van der Waals surface area contributed by atoms with E-state index in [1.165, 1.54) is 38.2 Å². The van der Waals surface area contributed by atoms with Gasteiger partial charge in [0.1, 0.15) is 0 Å². The maximum atomic E-state index is 3.93. The number of nitrogens with zero attached hydrogens (tertiary/aromatic N) is 3. The Morgan fingerprint density at radius 3 is 2.20 bits per heavy atom. The van der Waals surface area contributed by atoms with Crippen molar-refractivity contribution in [1.82, 2.24) is 4.90 Å². The fraction of sp³-hybridized carbons (Fsp3) is 0.562. The molecule has 110 valence electrons. The molecule has 0 unspecified atom stereocenters. The number of anilines is 1. The van der Waals surface area contributed by atoms with Crippen molar-refractivity contribution in [2.75, 3.05) is 43.9 Å². The number of hydrogen-bond donors (Lipinski definition) is 1. The van der Waals surface area contributed by atoms with E-state index in [1.807, 2.05) is 12.1 Å². The van der Waals surface area contributed by atoms with Crippen LogP contribution >= 0.6 is 12.6 Å². The van der Waals surface area contributed by atoms with Crippen LogP contribution in [0.3, 0.4) is 0 Å². The number of hydrogen-bond acceptors (Lipinski definition) is 4. The zero-order chi connectivity index (χ0) is 14.4. The Morgan fingerprint density at radius 1 is 1.10 bits per heavy atom. The SMILES string of the molecule is C=Nc1ccc(N2CCN(CC3CC3)CC2)cc1.CS. The average molecular weight is 291 g/mol. The van der Waals surface area contributed by atoms with Crippen LogP contribution in [0.4, 0.5) is 11.4 Å². The molecule has 1 aliphatic carbocycles. The molecule has 0 atom stereocenters. The Morgan fingerprint density at radius 2 is 1.70 bits per heavy atom. The summed E-state index contributed by atoms with van der Waals surface area (Å²) in [7, 11) is 0. The summed E-state index contributed by atoms with van der Waals surface area (Å²) in [5, 5.41) is 0. The van der Waals surface area contributed by atoms with Gasteiger partial charge in [-0.3, -0.25) is 9.89 Å². The van der Waals surface area contributed by atoms with Crippen molar-refractivity contribution in [1.29, 1.82) is 0 Å². The second-order valence-corrected chi connectivity index (χ2v) is 5.41. The van der Waals surface area contributed by atoms with Gasteiger partial charge in [-0.05, 0) is 56.0 Å². The lowest BCUT2D eigenvalue weighted by Gasteiger charge is -2.36. The quantitative estimate of drug-likeness (QED) is 0.679. The van der Waals surface area contributed by atoms with Crippen LogP contribution in [0.25, 0.3) is 0 Å². The molecule has 0 radical (unpaired) electrons. The number of aliphatic imine (C=N–C) groups is 1. The standard InChI is InChI=1S/C15H21N3.CH4S/c1-16-14-4-6-15(7-5-14)18-10-8-17(9-11-18)12-13-2-3-13;1-2/h4-7,13H,1-3,8-12H2;2H,1H3. The lowest BCUT2D eigenvalue weighted by Crippen LogP contribution is -2.47. The van der Waals surface area contributed by atoms with Gasteiger partial charge in [0.25, 0.3) is 0 Å². The largest absolute Gasteiger partial charge is 0.369 e. The van der Waals surface area contributed by atoms with Crippen LogP contribution in [-0.2, 0) is 0 Å². The van der Waals surface area contributed by atoms with E-state index in [9.17, 15) is 0 Å². The smallest absolute Gasteiger partial charge is 0.0623 e. The molecule has 3 rings (SSSR count). The zero-order valence-electron chi connectivity index (χ0n) is 12.3. The van der Waals surface area contributed by atoms with E-state index in [1.54, 1.807) is 6.26 Å². The highest BCUT2D eigenvalue weighted by Crippen LogP contribution is 2.30. The van der Waals surface area contributed by atoms with Gasteiger partial charge in [0, 0.05) is 38.4 Å². The summed E-state index contributed by atoms with van der Waals surface area (Å²) in [6.07, 6.45) is 4.60. The molecule has 0 amide bonds. The molecular weight excluding hydrogens is 266 g/mol. The summed E-state index contributed by atoms with van der Waals surface area (Å²) in [6, 6.07) is 8.39. The molecule has 1 saturated heterocycles. The minimum Gasteiger partial charge on any atom is -0.369 e. The van der Waals surface area contributed by atoms with Gasteiger partial charge in [0.2, 0.25) is 0 Å². The van der Waals surface area contributed by atoms with Crippen LogP contribution in [0.2, 0.25) is 0 Å². The minimum absolute atomic E-state index is 0.950. The lowest BCUT2D eigenvalue weighted by molar-refractivity contribution is 0.248. The summed E-state index contributed by atoms with van der Waals surface area (Å²) >= 11 is 3.53. The first-order valence-corrected chi connectivity index (χ1v) is 8.23. The summed E-state index contributed by atoms with van der Waals surface area (Å²) < 4.78 is 0. The Kier molecular flexibility index (Phi) is 5.92. The van der Waals surface area contributed by atoms with Gasteiger partial charge in [0.05, 0.1) is 5.69 Å². The van der Waals surface area contributed by atoms with Crippen molar-refractivity contribution < 1.29 is 0 Å². The van der Waals surface area contributed by atoms with Crippen molar-refractivity contribution in [2.45, 2.75) is 12.8 Å². The monoisotopic (exact) mass is 291 g/mol. The van der Waals surface area contributed by atoms with E-state index in [2.05, 4.69) is 46.3 Å². The van der Waals surface area contributed by atoms with Gasteiger partial charge in [-0.1, -0.05) is 0 Å². The highest BCUT2D eigenvalue weighted by molar-refractivity contribution is 7.79. The second kappa shape index (κ2) is 7.70. The van der Waals surface area contributed by atoms with Crippen molar-refractivity contribution >= 4 is 30.7 Å². The lowest BCUT2D eigenvalue weighted by atomic mass is 10.2. The third-order valence-electron chi connectivity index (χ3n) is 3.98. The first-order valence-electron chi connectivity index (χ1n) is 7.34. The second-order valence-electron chi connectivity index (χ2n) is 5.41. The zero-order valence-corrected chi connectivity index (χ0v) is 13.2. The first-order chi connectivity index (χ1) is 9.85. The molecule has 1 heterocycles. The molecule has 1 aromatic carbocycles. The minimum atomic E-state index is 0.950. The third-order valence-corrected chi connectivity index (χ3v) is 3.98. The molecule has 3 nitrogen and oxygen atoms in total. The molecule has 0 N–H and O–H groups in total. The van der Waals surface area contributed by atoms with Crippen molar-refractivity contribution in [3.63, 3.8) is 0 Å². The fourth-order valence-electron chi connectivity index (χ4n) is 2.62. The van der Waals surface area contributed by atoms with Gasteiger partial charge >= 0.3 is 0 Å². The third kappa shape index (κ3) is 4.25. The molecule has 2 aliphatic rings. The Bertz CT molecular complexity index is 406. The summed E-state index contributed by atoms with van der Waals surface area (Å²) in [4.78, 5) is 9.02. The number of benzene rings is 1. The Labute approximate surface area is 128 Å². The molecule has 1 aliphatic heterocycles. The Balaban J connectivity index is 0.000000704. The molecule has 0 spiro atoms. The maximum absolute atomic E-state index is 3.93. The van der Waals surface area contributed by atoms with Gasteiger partial charge in [-0.25, -0.2) is 0 Å². The van der Waals surface area contributed by atoms with E-state index in [-0.39, 0.29) is 0 Å². The van der Waals surface area contributed by atoms with Crippen LogP contribution < -0.4 is 4.90 Å². The summed E-state index contributed by atoms with van der Waals surface area (Å²) in [6.45, 7) is 9.58. The summed E-state index contributed by atoms with van der Waals surface area (Å²) in [5.41, 5.74) is 2.26. The van der Waals surface area contributed by atoms with E-state index in [0.29, 0.717) is 0 Å². The van der Waals surface area contributed by atoms with E-state index in [4.69, 9.17) is 0 Å². The van der Waals surface area contributed by atoms with E-state index >= 15 is 0 Å². The van der Waals surface area contributed by atoms with Crippen LogP contribution in [-0.4, -0.2) is 50.6 Å². The predicted octanol–water partition coefficient (Wildman–Crippen LogP) is 3.10. The molecule has 1 aromatic rings. The fourth-order valence-corrected chi connectivity index (χ4v) is 2.62. The van der Waals surface area contributed by atoms with Crippen molar-refractivity contribution in [2.24, 2.45) is 10.9 Å². The first kappa shape index (κ1) is 15.4. The van der Waals surface area contributed by atoms with E-state index < -0.39 is 0 Å². The Hall–Kier alpha value is -1.00. The molecular formula is C16H25N3S. The highest BCUT2D eigenvalue weighted by Gasteiger charge is 2.26. The molecule has 4 heteroatoms. The maximum Gasteiger partial charge on any atom is 0.0623 e. The molecule has 20 heavy (non-hydrogen) atoms. The topological polar surface area (TPSA) is 18.8 Å². The number of rotatable bonds is 4. The van der Waals surface area contributed by atoms with Gasteiger partial charge in [-0.15, -0.1) is 0 Å². The molecule has 0 bridgehead atoms. The van der Waals surface area contributed by atoms with Gasteiger partial charge in [-0.2, -0.15) is 12.6 Å². The van der Waals surface area contributed by atoms with Crippen LogP contribution in [0.5, 0.6) is 0 Å². The van der Waals surface area contributed by atoms with Crippen molar-refractivity contribution in [3.8, 4) is 0 Å². The van der Waals surface area contributed by atoms with Gasteiger partial charge < -0.3 is 4.90 Å². The molecule has 0 aromatic heterocycles. The van der Waals surface area contributed by atoms with E-state index in [0.717, 1.165) is 24.7 Å². The van der Waals surface area contributed by atoms with Crippen LogP contribution in [0.1, 0.15) is 12.8 Å². The van der Waals surface area contributed by atoms with Crippen molar-refractivity contribution in [3.05, 3.63) is 24.3 Å². The normalized spacial score (nSPS) is 19.2. The van der Waals surface area contributed by atoms with Gasteiger partial charge in [0.15, 0.2) is 0 Å². The van der Waals surface area contributed by atoms with Crippen LogP contribution in [0.15, 0.2) is 29.3 Å². The number of thiol groups is 1. The molecule has 1 saturated carbocycles. The van der Waals surface area contributed by atoms with Crippen LogP contribution in [0, 0.1) is 5.92 Å². The predicted molar refractivity (Wildman–Crippen MR) is 91.9 cm³/mol. The average Bonchev–Trinajstić information content (AvgIpc) is 3.34.